The lowest BCUT2D eigenvalue weighted by molar-refractivity contribution is -0.131. The molecule has 0 spiro atoms. The molecule has 1 amide bonds. The van der Waals surface area contributed by atoms with Gasteiger partial charge in [0.2, 0.25) is 5.91 Å². The second-order valence-corrected chi connectivity index (χ2v) is 7.97. The van der Waals surface area contributed by atoms with E-state index in [2.05, 4.69) is 25.2 Å². The molecule has 0 aliphatic heterocycles. The Morgan fingerprint density at radius 2 is 1.64 bits per heavy atom. The van der Waals surface area contributed by atoms with Gasteiger partial charge < -0.3 is 5.32 Å². The average Bonchev–Trinajstić information content (AvgIpc) is 2.67. The zero-order chi connectivity index (χ0) is 16.3. The number of hydrogen-bond donors (Lipinski definition) is 1. The molecule has 2 fully saturated rings. The van der Waals surface area contributed by atoms with E-state index >= 15 is 0 Å². The molecule has 0 radical (unpaired) electrons. The zero-order valence-electron chi connectivity index (χ0n) is 14.2. The number of fused-ring (bicyclic) bond motifs is 2. The number of carbonyl (C=O) groups excluding carboxylic acids is 2. The van der Waals surface area contributed by atoms with E-state index in [1.54, 1.807) is 0 Å². The van der Waals surface area contributed by atoms with Crippen molar-refractivity contribution in [1.82, 2.24) is 0 Å². The van der Waals surface area contributed by atoms with Gasteiger partial charge in [0.15, 0.2) is 0 Å². The predicted octanol–water partition coefficient (Wildman–Crippen LogP) is 4.03. The maximum Gasteiger partial charge on any atom is 0.231 e. The summed E-state index contributed by atoms with van der Waals surface area (Å²) in [7, 11) is 0. The van der Waals surface area contributed by atoms with Gasteiger partial charge in [0.25, 0.3) is 0 Å². The van der Waals surface area contributed by atoms with Crippen LogP contribution in [0.4, 0.5) is 5.69 Å². The van der Waals surface area contributed by atoms with Crippen molar-refractivity contribution in [3.63, 3.8) is 0 Å². The number of carbonyl (C=O) groups is 2. The average molecular weight is 299 g/mol. The van der Waals surface area contributed by atoms with Crippen LogP contribution in [-0.4, -0.2) is 11.7 Å². The molecule has 0 unspecified atom stereocenters. The SMILES string of the molecule is Cc1cc(C)cc(NC(=O)[C@@]23CC[C@@](C)(C(=O)C2)C3(C)C)c1. The number of Topliss-reactive ketones (excluding diaryl/α,β-unsaturated/α-hetero) is 1. The van der Waals surface area contributed by atoms with Crippen molar-refractivity contribution in [2.75, 3.05) is 5.32 Å². The van der Waals surface area contributed by atoms with E-state index in [1.165, 1.54) is 0 Å². The normalized spacial score (nSPS) is 32.3. The smallest absolute Gasteiger partial charge is 0.231 e. The van der Waals surface area contributed by atoms with Gasteiger partial charge in [-0.25, -0.2) is 0 Å². The number of ketones is 1. The van der Waals surface area contributed by atoms with Crippen LogP contribution in [0.25, 0.3) is 0 Å². The lowest BCUT2D eigenvalue weighted by atomic mass is 9.64. The first-order valence-corrected chi connectivity index (χ1v) is 8.05. The first-order valence-electron chi connectivity index (χ1n) is 8.05. The summed E-state index contributed by atoms with van der Waals surface area (Å²) >= 11 is 0. The Hall–Kier alpha value is -1.64. The van der Waals surface area contributed by atoms with Crippen LogP contribution in [0.2, 0.25) is 0 Å². The molecule has 3 heteroatoms. The van der Waals surface area contributed by atoms with Crippen molar-refractivity contribution in [3.8, 4) is 0 Å². The Kier molecular flexibility index (Phi) is 3.08. The molecule has 3 nitrogen and oxygen atoms in total. The number of hydrogen-bond acceptors (Lipinski definition) is 2. The van der Waals surface area contributed by atoms with E-state index in [0.29, 0.717) is 6.42 Å². The Morgan fingerprint density at radius 3 is 2.09 bits per heavy atom. The van der Waals surface area contributed by atoms with Gasteiger partial charge in [0.05, 0.1) is 5.41 Å². The van der Waals surface area contributed by atoms with E-state index in [1.807, 2.05) is 32.9 Å². The topological polar surface area (TPSA) is 46.2 Å². The predicted molar refractivity (Wildman–Crippen MR) is 87.7 cm³/mol. The second-order valence-electron chi connectivity index (χ2n) is 7.97. The highest BCUT2D eigenvalue weighted by atomic mass is 16.2. The van der Waals surface area contributed by atoms with Gasteiger partial charge in [0, 0.05) is 17.5 Å². The maximum atomic E-state index is 13.1. The minimum atomic E-state index is -0.559. The lowest BCUT2D eigenvalue weighted by Crippen LogP contribution is -2.43. The van der Waals surface area contributed by atoms with Crippen LogP contribution in [0.3, 0.4) is 0 Å². The van der Waals surface area contributed by atoms with Gasteiger partial charge in [-0.1, -0.05) is 26.8 Å². The highest BCUT2D eigenvalue weighted by molar-refractivity contribution is 6.04. The molecule has 2 saturated carbocycles. The van der Waals surface area contributed by atoms with Crippen molar-refractivity contribution in [1.29, 1.82) is 0 Å². The van der Waals surface area contributed by atoms with Crippen LogP contribution in [0.1, 0.15) is 51.2 Å². The maximum absolute atomic E-state index is 13.1. The van der Waals surface area contributed by atoms with Crippen molar-refractivity contribution in [2.24, 2.45) is 16.2 Å². The molecule has 2 aliphatic rings. The highest BCUT2D eigenvalue weighted by Gasteiger charge is 2.72. The van der Waals surface area contributed by atoms with Crippen LogP contribution in [-0.2, 0) is 9.59 Å². The number of rotatable bonds is 2. The summed E-state index contributed by atoms with van der Waals surface area (Å²) in [5, 5.41) is 3.09. The zero-order valence-corrected chi connectivity index (χ0v) is 14.2. The summed E-state index contributed by atoms with van der Waals surface area (Å²) < 4.78 is 0. The van der Waals surface area contributed by atoms with Crippen LogP contribution in [0, 0.1) is 30.1 Å². The first-order chi connectivity index (χ1) is 10.1. The third-order valence-electron chi connectivity index (χ3n) is 6.62. The molecule has 3 rings (SSSR count). The molecule has 118 valence electrons. The van der Waals surface area contributed by atoms with Gasteiger partial charge in [-0.2, -0.15) is 0 Å². The fourth-order valence-corrected chi connectivity index (χ4v) is 4.66. The summed E-state index contributed by atoms with van der Waals surface area (Å²) in [6, 6.07) is 6.06. The fraction of sp³-hybridized carbons (Fsp3) is 0.579. The molecular weight excluding hydrogens is 274 g/mol. The van der Waals surface area contributed by atoms with Crippen molar-refractivity contribution < 1.29 is 9.59 Å². The largest absolute Gasteiger partial charge is 0.326 e. The van der Waals surface area contributed by atoms with E-state index in [9.17, 15) is 9.59 Å². The summed E-state index contributed by atoms with van der Waals surface area (Å²) in [4.78, 5) is 25.5. The first kappa shape index (κ1) is 15.3. The molecule has 1 aromatic rings. The Labute approximate surface area is 132 Å². The minimum absolute atomic E-state index is 0.0112. The lowest BCUT2D eigenvalue weighted by Gasteiger charge is -2.38. The summed E-state index contributed by atoms with van der Waals surface area (Å²) in [6.07, 6.45) is 2.01. The van der Waals surface area contributed by atoms with E-state index in [4.69, 9.17) is 0 Å². The molecule has 0 saturated heterocycles. The van der Waals surface area contributed by atoms with Crippen molar-refractivity contribution in [2.45, 2.75) is 53.9 Å². The summed E-state index contributed by atoms with van der Waals surface area (Å²) in [5.41, 5.74) is 1.89. The van der Waals surface area contributed by atoms with Crippen LogP contribution in [0.5, 0.6) is 0 Å². The third kappa shape index (κ3) is 1.74. The molecule has 0 aromatic heterocycles. The number of nitrogens with one attached hydrogen (secondary N) is 1. The Morgan fingerprint density at radius 1 is 1.05 bits per heavy atom. The number of benzene rings is 1. The molecule has 22 heavy (non-hydrogen) atoms. The van der Waals surface area contributed by atoms with Crippen LogP contribution >= 0.6 is 0 Å². The summed E-state index contributed by atoms with van der Waals surface area (Å²) in [6.45, 7) is 10.3. The van der Waals surface area contributed by atoms with Gasteiger partial charge in [0.1, 0.15) is 5.78 Å². The van der Waals surface area contributed by atoms with Crippen molar-refractivity contribution in [3.05, 3.63) is 29.3 Å². The molecule has 2 bridgehead atoms. The molecule has 1 aromatic carbocycles. The monoisotopic (exact) mass is 299 g/mol. The fourth-order valence-electron chi connectivity index (χ4n) is 4.66. The Bertz CT molecular complexity index is 656. The van der Waals surface area contributed by atoms with Crippen molar-refractivity contribution >= 4 is 17.4 Å². The molecule has 1 N–H and O–H groups in total. The molecular formula is C19H25NO2. The van der Waals surface area contributed by atoms with E-state index in [-0.39, 0.29) is 22.5 Å². The molecule has 2 atom stereocenters. The minimum Gasteiger partial charge on any atom is -0.326 e. The summed E-state index contributed by atoms with van der Waals surface area (Å²) in [5.74, 6) is 0.261. The van der Waals surface area contributed by atoms with Crippen LogP contribution in [0.15, 0.2) is 18.2 Å². The van der Waals surface area contributed by atoms with E-state index in [0.717, 1.165) is 29.7 Å². The second kappa shape index (κ2) is 4.43. The van der Waals surface area contributed by atoms with E-state index < -0.39 is 5.41 Å². The van der Waals surface area contributed by atoms with Gasteiger partial charge >= 0.3 is 0 Å². The quantitative estimate of drug-likeness (QED) is 0.896. The highest BCUT2D eigenvalue weighted by Crippen LogP contribution is 2.70. The number of amides is 1. The molecule has 2 aliphatic carbocycles. The molecule has 0 heterocycles. The van der Waals surface area contributed by atoms with Crippen LogP contribution < -0.4 is 5.32 Å². The third-order valence-corrected chi connectivity index (χ3v) is 6.62. The standard InChI is InChI=1S/C19H25NO2/c1-12-8-13(2)10-14(9-12)20-16(22)19-7-6-18(5,15(21)11-19)17(19,3)4/h8-10H,6-7,11H2,1-5H3,(H,20,22)/t18-,19+/m0/s1. The van der Waals surface area contributed by atoms with Gasteiger partial charge in [-0.05, 0) is 55.4 Å². The Balaban J connectivity index is 1.94. The number of anilines is 1. The number of aryl methyl sites for hydroxylation is 2. The van der Waals surface area contributed by atoms with Gasteiger partial charge in [-0.3, -0.25) is 9.59 Å². The van der Waals surface area contributed by atoms with Gasteiger partial charge in [-0.15, -0.1) is 0 Å².